The summed E-state index contributed by atoms with van der Waals surface area (Å²) in [5.74, 6) is -0.509. The molecule has 0 unspecified atom stereocenters. The molecule has 0 bridgehead atoms. The maximum Gasteiger partial charge on any atom is 0.333 e. The summed E-state index contributed by atoms with van der Waals surface area (Å²) in [6.07, 6.45) is 3.79. The SMILES string of the molecule is C=CCOCC(COCC=C)(COCC(CC)(CO)CO)COC(=O)C(=C)C. The molecule has 0 saturated carbocycles. The van der Waals surface area contributed by atoms with E-state index in [1.54, 1.807) is 19.1 Å². The van der Waals surface area contributed by atoms with Crippen LogP contribution in [-0.2, 0) is 23.7 Å². The molecule has 0 rings (SSSR count). The summed E-state index contributed by atoms with van der Waals surface area (Å²) in [5, 5.41) is 19.2. The Morgan fingerprint density at radius 2 is 1.36 bits per heavy atom. The van der Waals surface area contributed by atoms with E-state index in [4.69, 9.17) is 18.9 Å². The number of hydrogen-bond donors (Lipinski definition) is 2. The van der Waals surface area contributed by atoms with Crippen LogP contribution in [0.4, 0.5) is 0 Å². The Kier molecular flexibility index (Phi) is 13.7. The molecule has 162 valence electrons. The maximum absolute atomic E-state index is 11.9. The molecular weight excluding hydrogens is 364 g/mol. The minimum absolute atomic E-state index is 0.00432. The van der Waals surface area contributed by atoms with Gasteiger partial charge in [-0.3, -0.25) is 0 Å². The Labute approximate surface area is 168 Å². The number of esters is 1. The Hall–Kier alpha value is -1.51. The molecule has 0 aromatic carbocycles. The molecule has 0 aliphatic carbocycles. The molecule has 0 saturated heterocycles. The fourth-order valence-electron chi connectivity index (χ4n) is 2.26. The zero-order chi connectivity index (χ0) is 21.5. The molecule has 7 heteroatoms. The summed E-state index contributed by atoms with van der Waals surface area (Å²) in [4.78, 5) is 11.9. The van der Waals surface area contributed by atoms with Crippen LogP contribution in [0.5, 0.6) is 0 Å². The first kappa shape index (κ1) is 26.5. The Bertz CT molecular complexity index is 461. The number of rotatable bonds is 18. The van der Waals surface area contributed by atoms with E-state index >= 15 is 0 Å². The molecule has 0 aliphatic rings. The van der Waals surface area contributed by atoms with Gasteiger partial charge in [-0.15, -0.1) is 13.2 Å². The van der Waals surface area contributed by atoms with Crippen LogP contribution in [0.2, 0.25) is 0 Å². The van der Waals surface area contributed by atoms with E-state index in [0.717, 1.165) is 0 Å². The standard InChI is InChI=1S/C21H36O7/c1-6-9-25-14-21(15-26-10-7-2,17-28-19(24)18(4)5)16-27-13-20(8-3,11-22)12-23/h6-7,22-23H,1-2,4,8-17H2,3,5H3. The molecule has 0 spiro atoms. The number of carbonyl (C=O) groups is 1. The van der Waals surface area contributed by atoms with Crippen molar-refractivity contribution in [1.29, 1.82) is 0 Å². The van der Waals surface area contributed by atoms with Crippen LogP contribution in [0, 0.1) is 10.8 Å². The largest absolute Gasteiger partial charge is 0.461 e. The molecule has 0 radical (unpaired) electrons. The van der Waals surface area contributed by atoms with E-state index in [1.165, 1.54) is 0 Å². The second kappa shape index (κ2) is 14.5. The summed E-state index contributed by atoms with van der Waals surface area (Å²) in [5.41, 5.74) is -1.22. The summed E-state index contributed by atoms with van der Waals surface area (Å²) < 4.78 is 22.4. The molecule has 0 heterocycles. The van der Waals surface area contributed by atoms with E-state index in [2.05, 4.69) is 19.7 Å². The zero-order valence-electron chi connectivity index (χ0n) is 17.3. The highest BCUT2D eigenvalue weighted by atomic mass is 16.5. The monoisotopic (exact) mass is 400 g/mol. The smallest absolute Gasteiger partial charge is 0.333 e. The van der Waals surface area contributed by atoms with Gasteiger partial charge in [-0.1, -0.05) is 25.7 Å². The third kappa shape index (κ3) is 9.61. The Morgan fingerprint density at radius 1 is 0.893 bits per heavy atom. The van der Waals surface area contributed by atoms with Crippen molar-refractivity contribution < 1.29 is 34.0 Å². The van der Waals surface area contributed by atoms with Gasteiger partial charge in [-0.05, 0) is 13.3 Å². The van der Waals surface area contributed by atoms with Gasteiger partial charge in [-0.25, -0.2) is 4.79 Å². The van der Waals surface area contributed by atoms with Gasteiger partial charge in [0.1, 0.15) is 6.61 Å². The van der Waals surface area contributed by atoms with Crippen LogP contribution < -0.4 is 0 Å². The van der Waals surface area contributed by atoms with Crippen LogP contribution >= 0.6 is 0 Å². The lowest BCUT2D eigenvalue weighted by Gasteiger charge is -2.35. The second-order valence-electron chi connectivity index (χ2n) is 7.13. The first-order chi connectivity index (χ1) is 13.3. The van der Waals surface area contributed by atoms with Crippen molar-refractivity contribution in [2.75, 3.05) is 59.5 Å². The van der Waals surface area contributed by atoms with Crippen LogP contribution in [0.25, 0.3) is 0 Å². The van der Waals surface area contributed by atoms with Gasteiger partial charge in [-0.2, -0.15) is 0 Å². The molecule has 0 aromatic heterocycles. The van der Waals surface area contributed by atoms with Crippen molar-refractivity contribution in [2.45, 2.75) is 20.3 Å². The van der Waals surface area contributed by atoms with E-state index in [1.807, 2.05) is 6.92 Å². The number of aliphatic hydroxyl groups excluding tert-OH is 2. The molecule has 7 nitrogen and oxygen atoms in total. The van der Waals surface area contributed by atoms with Crippen molar-refractivity contribution >= 4 is 5.97 Å². The lowest BCUT2D eigenvalue weighted by Crippen LogP contribution is -2.44. The number of aliphatic hydroxyl groups is 2. The van der Waals surface area contributed by atoms with Gasteiger partial charge in [0.15, 0.2) is 0 Å². The molecule has 0 atom stereocenters. The summed E-state index contributed by atoms with van der Waals surface area (Å²) >= 11 is 0. The average Bonchev–Trinajstić information content (AvgIpc) is 2.70. The maximum atomic E-state index is 11.9. The predicted octanol–water partition coefficient (Wildman–Crippen LogP) is 1.89. The van der Waals surface area contributed by atoms with Gasteiger partial charge < -0.3 is 29.2 Å². The Balaban J connectivity index is 5.27. The minimum Gasteiger partial charge on any atom is -0.461 e. The second-order valence-corrected chi connectivity index (χ2v) is 7.13. The van der Waals surface area contributed by atoms with Crippen molar-refractivity contribution in [3.63, 3.8) is 0 Å². The number of carbonyl (C=O) groups excluding carboxylic acids is 1. The van der Waals surface area contributed by atoms with Crippen molar-refractivity contribution in [3.05, 3.63) is 37.5 Å². The van der Waals surface area contributed by atoms with Crippen molar-refractivity contribution in [1.82, 2.24) is 0 Å². The predicted molar refractivity (Wildman–Crippen MR) is 108 cm³/mol. The first-order valence-corrected chi connectivity index (χ1v) is 9.33. The van der Waals surface area contributed by atoms with Crippen molar-refractivity contribution in [3.8, 4) is 0 Å². The highest BCUT2D eigenvalue weighted by molar-refractivity contribution is 5.86. The van der Waals surface area contributed by atoms with Gasteiger partial charge >= 0.3 is 5.97 Å². The van der Waals surface area contributed by atoms with Crippen LogP contribution in [0.15, 0.2) is 37.5 Å². The fraction of sp³-hybridized carbons (Fsp3) is 0.667. The topological polar surface area (TPSA) is 94.5 Å². The van der Waals surface area contributed by atoms with E-state index in [9.17, 15) is 15.0 Å². The average molecular weight is 401 g/mol. The van der Waals surface area contributed by atoms with E-state index < -0.39 is 16.8 Å². The quantitative estimate of drug-likeness (QED) is 0.157. The number of ether oxygens (including phenoxy) is 4. The summed E-state index contributed by atoms with van der Waals surface area (Å²) in [7, 11) is 0. The third-order valence-corrected chi connectivity index (χ3v) is 4.38. The fourth-order valence-corrected chi connectivity index (χ4v) is 2.26. The van der Waals surface area contributed by atoms with Crippen LogP contribution in [-0.4, -0.2) is 75.6 Å². The highest BCUT2D eigenvalue weighted by Crippen LogP contribution is 2.25. The van der Waals surface area contributed by atoms with Crippen LogP contribution in [0.3, 0.4) is 0 Å². The summed E-state index contributed by atoms with van der Waals surface area (Å²) in [6, 6.07) is 0. The van der Waals surface area contributed by atoms with Gasteiger partial charge in [0.2, 0.25) is 0 Å². The van der Waals surface area contributed by atoms with E-state index in [-0.39, 0.29) is 46.2 Å². The van der Waals surface area contributed by atoms with Crippen LogP contribution in [0.1, 0.15) is 20.3 Å². The molecule has 28 heavy (non-hydrogen) atoms. The molecule has 2 N–H and O–H groups in total. The lowest BCUT2D eigenvalue weighted by atomic mass is 9.87. The van der Waals surface area contributed by atoms with Crippen molar-refractivity contribution in [2.24, 2.45) is 10.8 Å². The first-order valence-electron chi connectivity index (χ1n) is 9.33. The zero-order valence-corrected chi connectivity index (χ0v) is 17.3. The highest BCUT2D eigenvalue weighted by Gasteiger charge is 2.35. The number of hydrogen-bond acceptors (Lipinski definition) is 7. The van der Waals surface area contributed by atoms with Gasteiger partial charge in [0.05, 0.1) is 58.3 Å². The third-order valence-electron chi connectivity index (χ3n) is 4.38. The Morgan fingerprint density at radius 3 is 1.75 bits per heavy atom. The molecule has 0 fully saturated rings. The minimum atomic E-state index is -0.776. The lowest BCUT2D eigenvalue weighted by molar-refractivity contribution is -0.153. The van der Waals surface area contributed by atoms with E-state index in [0.29, 0.717) is 25.2 Å². The summed E-state index contributed by atoms with van der Waals surface area (Å²) in [6.45, 7) is 15.2. The molecular formula is C21H36O7. The molecule has 0 aliphatic heterocycles. The van der Waals surface area contributed by atoms with Gasteiger partial charge in [0, 0.05) is 11.0 Å². The van der Waals surface area contributed by atoms with Gasteiger partial charge in [0.25, 0.3) is 0 Å². The molecule has 0 amide bonds. The molecule has 0 aromatic rings. The normalized spacial score (nSPS) is 11.9.